The van der Waals surface area contributed by atoms with Crippen molar-refractivity contribution in [2.75, 3.05) is 0 Å². The summed E-state index contributed by atoms with van der Waals surface area (Å²) in [5, 5.41) is 2.21. The number of benzene rings is 3. The predicted molar refractivity (Wildman–Crippen MR) is 140 cm³/mol. The minimum absolute atomic E-state index is 0.862. The van der Waals surface area contributed by atoms with Crippen molar-refractivity contribution in [1.29, 1.82) is 0 Å². The normalized spacial score (nSPS) is 11.4. The average molecular weight is 441 g/mol. The lowest BCUT2D eigenvalue weighted by atomic mass is 9.93. The molecule has 0 spiro atoms. The van der Waals surface area contributed by atoms with Gasteiger partial charge in [-0.15, -0.1) is 0 Å². The molecule has 0 atom stereocenters. The molecule has 6 rings (SSSR count). The predicted octanol–water partition coefficient (Wildman–Crippen LogP) is 8.30. The van der Waals surface area contributed by atoms with Gasteiger partial charge in [0.15, 0.2) is 0 Å². The quantitative estimate of drug-likeness (QED) is 0.278. The molecule has 0 unspecified atom stereocenters. The molecule has 0 amide bonds. The molecule has 0 bridgehead atoms. The molecule has 0 aliphatic rings. The molecule has 0 saturated carbocycles. The van der Waals surface area contributed by atoms with E-state index in [1.165, 1.54) is 27.8 Å². The maximum atomic E-state index is 6.29. The van der Waals surface area contributed by atoms with Crippen molar-refractivity contribution in [3.8, 4) is 33.6 Å². The van der Waals surface area contributed by atoms with Crippen LogP contribution in [0.25, 0.3) is 55.6 Å². The Labute approximate surface area is 198 Å². The third kappa shape index (κ3) is 3.46. The summed E-state index contributed by atoms with van der Waals surface area (Å²) in [7, 11) is 0. The molecule has 0 aliphatic heterocycles. The van der Waals surface area contributed by atoms with Crippen LogP contribution in [-0.2, 0) is 0 Å². The van der Waals surface area contributed by atoms with Gasteiger partial charge in [-0.3, -0.25) is 9.97 Å². The zero-order valence-corrected chi connectivity index (χ0v) is 19.5. The Morgan fingerprint density at radius 3 is 1.85 bits per heavy atom. The molecule has 34 heavy (non-hydrogen) atoms. The molecule has 3 aromatic carbocycles. The number of nitrogens with zero attached hydrogens (tertiary/aromatic N) is 2. The SMILES string of the molecule is Cc1cc(C)c(-c2ccnc(-c3ccc4c(c3)oc3cc(-c5ccccn5)ccc34)c2)c(C)c1. The van der Waals surface area contributed by atoms with Crippen LogP contribution in [0.15, 0.2) is 95.7 Å². The highest BCUT2D eigenvalue weighted by Gasteiger charge is 2.12. The summed E-state index contributed by atoms with van der Waals surface area (Å²) in [6.07, 6.45) is 3.70. The molecule has 3 heteroatoms. The fourth-order valence-corrected chi connectivity index (χ4v) is 5.01. The van der Waals surface area contributed by atoms with Gasteiger partial charge in [0.1, 0.15) is 11.2 Å². The summed E-state index contributed by atoms with van der Waals surface area (Å²) < 4.78 is 6.29. The Kier molecular flexibility index (Phi) is 4.77. The highest BCUT2D eigenvalue weighted by molar-refractivity contribution is 6.06. The van der Waals surface area contributed by atoms with Gasteiger partial charge in [-0.1, -0.05) is 35.9 Å². The van der Waals surface area contributed by atoms with Gasteiger partial charge in [0.05, 0.1) is 11.4 Å². The number of aromatic nitrogens is 2. The fraction of sp³-hybridized carbons (Fsp3) is 0.0968. The maximum absolute atomic E-state index is 6.29. The van der Waals surface area contributed by atoms with E-state index in [0.29, 0.717) is 0 Å². The van der Waals surface area contributed by atoms with Crippen LogP contribution in [0.2, 0.25) is 0 Å². The van der Waals surface area contributed by atoms with E-state index in [4.69, 9.17) is 4.42 Å². The molecule has 3 aromatic heterocycles. The molecular formula is C31H24N2O. The van der Waals surface area contributed by atoms with Crippen molar-refractivity contribution in [1.82, 2.24) is 9.97 Å². The lowest BCUT2D eigenvalue weighted by Crippen LogP contribution is -1.92. The van der Waals surface area contributed by atoms with Crippen molar-refractivity contribution in [3.05, 3.63) is 108 Å². The summed E-state index contributed by atoms with van der Waals surface area (Å²) in [4.78, 5) is 9.14. The first kappa shape index (κ1) is 20.4. The van der Waals surface area contributed by atoms with E-state index in [9.17, 15) is 0 Å². The number of hydrogen-bond donors (Lipinski definition) is 0. The van der Waals surface area contributed by atoms with Gasteiger partial charge in [-0.05, 0) is 91.6 Å². The van der Waals surface area contributed by atoms with Gasteiger partial charge in [0.2, 0.25) is 0 Å². The first-order valence-electron chi connectivity index (χ1n) is 11.5. The van der Waals surface area contributed by atoms with Gasteiger partial charge < -0.3 is 4.42 Å². The number of fused-ring (bicyclic) bond motifs is 3. The molecule has 0 radical (unpaired) electrons. The second-order valence-electron chi connectivity index (χ2n) is 8.94. The van der Waals surface area contributed by atoms with Crippen LogP contribution >= 0.6 is 0 Å². The smallest absolute Gasteiger partial charge is 0.136 e. The number of rotatable bonds is 3. The standard InChI is InChI=1S/C31H24N2O/c1-19-14-20(2)31(21(3)15-19)24-11-13-33-28(16-24)23-8-10-26-25-9-7-22(27-6-4-5-12-32-27)17-29(25)34-30(26)18-23/h4-18H,1-3H3. The van der Waals surface area contributed by atoms with Crippen LogP contribution in [-0.4, -0.2) is 9.97 Å². The molecule has 6 aromatic rings. The van der Waals surface area contributed by atoms with Gasteiger partial charge in [0.25, 0.3) is 0 Å². The topological polar surface area (TPSA) is 38.9 Å². The Morgan fingerprint density at radius 1 is 0.559 bits per heavy atom. The van der Waals surface area contributed by atoms with Gasteiger partial charge in [0, 0.05) is 34.3 Å². The van der Waals surface area contributed by atoms with Gasteiger partial charge >= 0.3 is 0 Å². The molecular weight excluding hydrogens is 416 g/mol. The average Bonchev–Trinajstić information content (AvgIpc) is 3.21. The van der Waals surface area contributed by atoms with Crippen molar-refractivity contribution < 1.29 is 4.42 Å². The maximum Gasteiger partial charge on any atom is 0.136 e. The van der Waals surface area contributed by atoms with Crippen LogP contribution in [0.3, 0.4) is 0 Å². The van der Waals surface area contributed by atoms with Crippen LogP contribution in [0.4, 0.5) is 0 Å². The van der Waals surface area contributed by atoms with Crippen molar-refractivity contribution in [3.63, 3.8) is 0 Å². The minimum atomic E-state index is 0.862. The fourth-order valence-electron chi connectivity index (χ4n) is 5.01. The molecule has 164 valence electrons. The van der Waals surface area contributed by atoms with E-state index >= 15 is 0 Å². The summed E-state index contributed by atoms with van der Waals surface area (Å²) >= 11 is 0. The van der Waals surface area contributed by atoms with Gasteiger partial charge in [-0.2, -0.15) is 0 Å². The Bertz CT molecular complexity index is 1660. The van der Waals surface area contributed by atoms with Crippen LogP contribution in [0.5, 0.6) is 0 Å². The first-order valence-corrected chi connectivity index (χ1v) is 11.5. The summed E-state index contributed by atoms with van der Waals surface area (Å²) in [5.41, 5.74) is 12.0. The lowest BCUT2D eigenvalue weighted by molar-refractivity contribution is 0.669. The van der Waals surface area contributed by atoms with Gasteiger partial charge in [-0.25, -0.2) is 0 Å². The first-order chi connectivity index (χ1) is 16.6. The van der Waals surface area contributed by atoms with Crippen LogP contribution in [0, 0.1) is 20.8 Å². The third-order valence-corrected chi connectivity index (χ3v) is 6.46. The monoisotopic (exact) mass is 440 g/mol. The lowest BCUT2D eigenvalue weighted by Gasteiger charge is -2.12. The largest absolute Gasteiger partial charge is 0.456 e. The number of hydrogen-bond acceptors (Lipinski definition) is 3. The third-order valence-electron chi connectivity index (χ3n) is 6.46. The van der Waals surface area contributed by atoms with E-state index in [-0.39, 0.29) is 0 Å². The summed E-state index contributed by atoms with van der Waals surface area (Å²) in [6, 6.07) is 27.3. The van der Waals surface area contributed by atoms with Crippen molar-refractivity contribution in [2.24, 2.45) is 0 Å². The molecule has 0 saturated heterocycles. The number of furan rings is 1. The second-order valence-corrected chi connectivity index (χ2v) is 8.94. The zero-order chi connectivity index (χ0) is 23.2. The number of pyridine rings is 2. The Morgan fingerprint density at radius 2 is 1.21 bits per heavy atom. The molecule has 3 heterocycles. The Balaban J connectivity index is 1.43. The molecule has 3 nitrogen and oxygen atoms in total. The molecule has 0 N–H and O–H groups in total. The van der Waals surface area contributed by atoms with Crippen LogP contribution < -0.4 is 0 Å². The van der Waals surface area contributed by atoms with E-state index in [2.05, 4.69) is 91.4 Å². The summed E-state index contributed by atoms with van der Waals surface area (Å²) in [6.45, 7) is 6.49. The van der Waals surface area contributed by atoms with Crippen molar-refractivity contribution >= 4 is 21.9 Å². The highest BCUT2D eigenvalue weighted by Crippen LogP contribution is 2.35. The highest BCUT2D eigenvalue weighted by atomic mass is 16.3. The number of aryl methyl sites for hydroxylation is 3. The summed E-state index contributed by atoms with van der Waals surface area (Å²) in [5.74, 6) is 0. The van der Waals surface area contributed by atoms with E-state index in [1.54, 1.807) is 0 Å². The van der Waals surface area contributed by atoms with Crippen molar-refractivity contribution in [2.45, 2.75) is 20.8 Å². The van der Waals surface area contributed by atoms with Crippen LogP contribution in [0.1, 0.15) is 16.7 Å². The Hall–Kier alpha value is -4.24. The zero-order valence-electron chi connectivity index (χ0n) is 19.5. The molecule has 0 aliphatic carbocycles. The molecule has 0 fully saturated rings. The van der Waals surface area contributed by atoms with E-state index in [1.807, 2.05) is 30.6 Å². The second kappa shape index (κ2) is 7.96. The minimum Gasteiger partial charge on any atom is -0.456 e. The van der Waals surface area contributed by atoms with E-state index < -0.39 is 0 Å². The van der Waals surface area contributed by atoms with E-state index in [0.717, 1.165) is 44.5 Å².